The summed E-state index contributed by atoms with van der Waals surface area (Å²) in [4.78, 5) is 19.4. The van der Waals surface area contributed by atoms with Crippen molar-refractivity contribution in [3.05, 3.63) is 23.3 Å². The summed E-state index contributed by atoms with van der Waals surface area (Å²) >= 11 is 1.26. The molecule has 1 N–H and O–H groups in total. The number of nitrogens with one attached hydrogen (secondary N) is 1. The summed E-state index contributed by atoms with van der Waals surface area (Å²) in [5.74, 6) is 0.310. The highest BCUT2D eigenvalue weighted by atomic mass is 32.2. The van der Waals surface area contributed by atoms with Crippen molar-refractivity contribution in [2.75, 3.05) is 25.9 Å². The molecule has 0 radical (unpaired) electrons. The molecule has 1 amide bonds. The van der Waals surface area contributed by atoms with E-state index in [0.717, 1.165) is 26.1 Å². The number of fused-ring (bicyclic) bond motifs is 3. The summed E-state index contributed by atoms with van der Waals surface area (Å²) in [7, 11) is -3.31. The number of carbonyl (C=O) groups excluding carboxylic acids is 1. The fraction of sp³-hybridized carbons (Fsp3) is 0.467. The van der Waals surface area contributed by atoms with E-state index < -0.39 is 9.84 Å². The Balaban J connectivity index is 1.66. The molecule has 3 atom stereocenters. The van der Waals surface area contributed by atoms with Gasteiger partial charge in [0.05, 0.1) is 9.60 Å². The van der Waals surface area contributed by atoms with Crippen molar-refractivity contribution in [1.29, 1.82) is 0 Å². The van der Waals surface area contributed by atoms with Gasteiger partial charge in [-0.15, -0.1) is 11.3 Å². The standard InChI is InChI=1S/C15H17N3O3S2/c1-23(20,21)12-8-22-14-10(12)2-4-16-13(14)15(19)17-11-7-18-5-3-9(11)6-18/h2,4,8-9,11H,3,5-7H2,1H3,(H,17,19)/t9-,11?/m0/s1. The van der Waals surface area contributed by atoms with Gasteiger partial charge >= 0.3 is 0 Å². The van der Waals surface area contributed by atoms with Crippen molar-refractivity contribution < 1.29 is 13.2 Å². The number of pyridine rings is 1. The SMILES string of the molecule is CS(=O)(=O)c1csc2c(C(=O)NC3CN4CC[C@H]3C4)nccc12. The fourth-order valence-corrected chi connectivity index (χ4v) is 5.96. The van der Waals surface area contributed by atoms with Crippen LogP contribution >= 0.6 is 11.3 Å². The lowest BCUT2D eigenvalue weighted by molar-refractivity contribution is 0.0921. The normalized spacial score (nSPS) is 26.7. The van der Waals surface area contributed by atoms with E-state index in [2.05, 4.69) is 15.2 Å². The zero-order valence-corrected chi connectivity index (χ0v) is 14.3. The van der Waals surface area contributed by atoms with Gasteiger partial charge in [0, 0.05) is 42.4 Å². The van der Waals surface area contributed by atoms with Gasteiger partial charge in [-0.3, -0.25) is 4.79 Å². The average molecular weight is 351 g/mol. The molecule has 122 valence electrons. The predicted octanol–water partition coefficient (Wildman–Crippen LogP) is 1.13. The Morgan fingerprint density at radius 3 is 2.91 bits per heavy atom. The molecule has 2 aromatic rings. The highest BCUT2D eigenvalue weighted by Crippen LogP contribution is 2.32. The second-order valence-corrected chi connectivity index (χ2v) is 9.16. The fourth-order valence-electron chi connectivity index (χ4n) is 3.57. The first-order valence-electron chi connectivity index (χ1n) is 7.53. The third-order valence-corrected chi connectivity index (χ3v) is 7.01. The van der Waals surface area contributed by atoms with Gasteiger partial charge in [-0.05, 0) is 24.9 Å². The van der Waals surface area contributed by atoms with Gasteiger partial charge in [-0.2, -0.15) is 0 Å². The summed E-state index contributed by atoms with van der Waals surface area (Å²) in [6.07, 6.45) is 3.81. The van der Waals surface area contributed by atoms with Gasteiger partial charge in [0.2, 0.25) is 0 Å². The molecular formula is C15H17N3O3S2. The minimum atomic E-state index is -3.31. The van der Waals surface area contributed by atoms with Crippen molar-refractivity contribution in [1.82, 2.24) is 15.2 Å². The number of hydrogen-bond donors (Lipinski definition) is 1. The zero-order valence-electron chi connectivity index (χ0n) is 12.7. The number of aromatic nitrogens is 1. The van der Waals surface area contributed by atoms with Crippen LogP contribution in [0.4, 0.5) is 0 Å². The van der Waals surface area contributed by atoms with Gasteiger partial charge < -0.3 is 10.2 Å². The second-order valence-electron chi connectivity index (χ2n) is 6.30. The first kappa shape index (κ1) is 15.0. The summed E-state index contributed by atoms with van der Waals surface area (Å²) < 4.78 is 24.3. The number of amides is 1. The molecular weight excluding hydrogens is 334 g/mol. The van der Waals surface area contributed by atoms with Crippen LogP contribution in [0.15, 0.2) is 22.5 Å². The Kier molecular flexibility index (Phi) is 3.44. The molecule has 6 nitrogen and oxygen atoms in total. The van der Waals surface area contributed by atoms with Crippen molar-refractivity contribution in [3.63, 3.8) is 0 Å². The van der Waals surface area contributed by atoms with Gasteiger partial charge in [0.15, 0.2) is 9.84 Å². The van der Waals surface area contributed by atoms with Crippen LogP contribution in [0.3, 0.4) is 0 Å². The van der Waals surface area contributed by atoms with Crippen LogP contribution in [0.2, 0.25) is 0 Å². The second kappa shape index (κ2) is 5.25. The Bertz CT molecular complexity index is 891. The summed E-state index contributed by atoms with van der Waals surface area (Å²) in [5.41, 5.74) is 0.320. The lowest BCUT2D eigenvalue weighted by Gasteiger charge is -2.23. The molecule has 2 aromatic heterocycles. The molecule has 23 heavy (non-hydrogen) atoms. The number of sulfone groups is 1. The van der Waals surface area contributed by atoms with E-state index >= 15 is 0 Å². The predicted molar refractivity (Wildman–Crippen MR) is 88.5 cm³/mol. The van der Waals surface area contributed by atoms with Crippen molar-refractivity contribution >= 4 is 37.2 Å². The highest BCUT2D eigenvalue weighted by molar-refractivity contribution is 7.91. The van der Waals surface area contributed by atoms with E-state index in [0.29, 0.717) is 21.7 Å². The average Bonchev–Trinajstić information content (AvgIpc) is 3.20. The molecule has 0 aromatic carbocycles. The van der Waals surface area contributed by atoms with Crippen LogP contribution in [0.5, 0.6) is 0 Å². The van der Waals surface area contributed by atoms with E-state index in [1.165, 1.54) is 23.8 Å². The number of carbonyl (C=O) groups is 1. The maximum atomic E-state index is 12.6. The van der Waals surface area contributed by atoms with E-state index in [1.807, 2.05) is 0 Å². The number of piperidine rings is 1. The molecule has 0 saturated carbocycles. The monoisotopic (exact) mass is 351 g/mol. The van der Waals surface area contributed by atoms with E-state index in [4.69, 9.17) is 0 Å². The highest BCUT2D eigenvalue weighted by Gasteiger charge is 2.39. The molecule has 0 aliphatic carbocycles. The Morgan fingerprint density at radius 1 is 1.43 bits per heavy atom. The van der Waals surface area contributed by atoms with Crippen molar-refractivity contribution in [2.45, 2.75) is 17.4 Å². The zero-order chi connectivity index (χ0) is 16.2. The number of hydrogen-bond acceptors (Lipinski definition) is 6. The molecule has 0 spiro atoms. The largest absolute Gasteiger partial charge is 0.346 e. The van der Waals surface area contributed by atoms with Gasteiger partial charge in [-0.1, -0.05) is 0 Å². The molecule has 4 heterocycles. The lowest BCUT2D eigenvalue weighted by Crippen LogP contribution is -2.43. The number of thiophene rings is 1. The van der Waals surface area contributed by atoms with Crippen LogP contribution in [-0.2, 0) is 9.84 Å². The molecule has 2 aliphatic heterocycles. The van der Waals surface area contributed by atoms with E-state index in [-0.39, 0.29) is 16.8 Å². The number of rotatable bonds is 3. The minimum Gasteiger partial charge on any atom is -0.346 e. The Hall–Kier alpha value is -1.51. The van der Waals surface area contributed by atoms with Crippen LogP contribution < -0.4 is 5.32 Å². The molecule has 2 unspecified atom stereocenters. The summed E-state index contributed by atoms with van der Waals surface area (Å²) in [6, 6.07) is 1.82. The Morgan fingerprint density at radius 2 is 2.26 bits per heavy atom. The third kappa shape index (κ3) is 2.54. The van der Waals surface area contributed by atoms with Crippen molar-refractivity contribution in [3.8, 4) is 0 Å². The van der Waals surface area contributed by atoms with E-state index in [1.54, 1.807) is 11.4 Å². The van der Waals surface area contributed by atoms with Crippen LogP contribution in [-0.4, -0.2) is 56.1 Å². The summed E-state index contributed by atoms with van der Waals surface area (Å²) in [5, 5.41) is 5.24. The minimum absolute atomic E-state index is 0.169. The number of nitrogens with zero attached hydrogens (tertiary/aromatic N) is 2. The molecule has 4 rings (SSSR count). The third-order valence-electron chi connectivity index (χ3n) is 4.72. The molecule has 2 saturated heterocycles. The molecule has 8 heteroatoms. The maximum Gasteiger partial charge on any atom is 0.271 e. The van der Waals surface area contributed by atoms with Crippen LogP contribution in [0, 0.1) is 5.92 Å². The van der Waals surface area contributed by atoms with Crippen molar-refractivity contribution in [2.24, 2.45) is 5.92 Å². The lowest BCUT2D eigenvalue weighted by atomic mass is 10.00. The quantitative estimate of drug-likeness (QED) is 0.897. The van der Waals surface area contributed by atoms with Gasteiger partial charge in [0.1, 0.15) is 5.69 Å². The Labute approximate surface area is 138 Å². The van der Waals surface area contributed by atoms with Gasteiger partial charge in [0.25, 0.3) is 5.91 Å². The van der Waals surface area contributed by atoms with Gasteiger partial charge in [-0.25, -0.2) is 13.4 Å². The summed E-state index contributed by atoms with van der Waals surface area (Å²) in [6.45, 7) is 3.07. The molecule has 2 bridgehead atoms. The topological polar surface area (TPSA) is 79.4 Å². The smallest absolute Gasteiger partial charge is 0.271 e. The molecule has 2 fully saturated rings. The maximum absolute atomic E-state index is 12.6. The van der Waals surface area contributed by atoms with Crippen LogP contribution in [0.1, 0.15) is 16.9 Å². The first-order chi connectivity index (χ1) is 10.9. The molecule has 2 aliphatic rings. The van der Waals surface area contributed by atoms with Crippen LogP contribution in [0.25, 0.3) is 10.1 Å². The van der Waals surface area contributed by atoms with E-state index in [9.17, 15) is 13.2 Å². The first-order valence-corrected chi connectivity index (χ1v) is 10.3.